The first-order valence-electron chi connectivity index (χ1n) is 8.38. The molecule has 27 heavy (non-hydrogen) atoms. The van der Waals surface area contributed by atoms with Crippen molar-refractivity contribution in [1.29, 1.82) is 0 Å². The molecule has 4 aromatic rings. The lowest BCUT2D eigenvalue weighted by Crippen LogP contribution is -2.12. The highest BCUT2D eigenvalue weighted by molar-refractivity contribution is 7.22. The van der Waals surface area contributed by atoms with Gasteiger partial charge in [-0.2, -0.15) is 0 Å². The smallest absolute Gasteiger partial charge is 0.255 e. The van der Waals surface area contributed by atoms with Gasteiger partial charge < -0.3 is 16.4 Å². The molecule has 6 nitrogen and oxygen atoms in total. The van der Waals surface area contributed by atoms with Crippen LogP contribution >= 0.6 is 11.3 Å². The maximum atomic E-state index is 12.5. The average Bonchev–Trinajstić information content (AvgIpc) is 3.11. The Kier molecular flexibility index (Phi) is 4.67. The van der Waals surface area contributed by atoms with Crippen molar-refractivity contribution in [3.05, 3.63) is 78.1 Å². The summed E-state index contributed by atoms with van der Waals surface area (Å²) < 4.78 is 0.942. The second-order valence-electron chi connectivity index (χ2n) is 5.96. The average molecular weight is 375 g/mol. The lowest BCUT2D eigenvalue weighted by Gasteiger charge is -2.07. The molecular weight excluding hydrogens is 358 g/mol. The molecule has 0 bridgehead atoms. The highest BCUT2D eigenvalue weighted by atomic mass is 32.1. The third-order valence-corrected chi connectivity index (χ3v) is 5.00. The van der Waals surface area contributed by atoms with Crippen molar-refractivity contribution in [3.63, 3.8) is 0 Å². The zero-order chi connectivity index (χ0) is 18.6. The van der Waals surface area contributed by atoms with Crippen LogP contribution in [0.15, 0.2) is 67.0 Å². The Morgan fingerprint density at radius 3 is 2.81 bits per heavy atom. The number of aromatic nitrogens is 2. The van der Waals surface area contributed by atoms with Gasteiger partial charge in [-0.3, -0.25) is 9.78 Å². The first-order valence-corrected chi connectivity index (χ1v) is 9.20. The molecule has 0 saturated carbocycles. The van der Waals surface area contributed by atoms with Crippen LogP contribution in [0.3, 0.4) is 0 Å². The van der Waals surface area contributed by atoms with E-state index in [-0.39, 0.29) is 5.91 Å². The van der Waals surface area contributed by atoms with Gasteiger partial charge in [0, 0.05) is 24.5 Å². The zero-order valence-corrected chi connectivity index (χ0v) is 15.2. The predicted molar refractivity (Wildman–Crippen MR) is 110 cm³/mol. The SMILES string of the molecule is Nc1ccccc1NC(=O)c1ccc2nc(NCc3cccnc3)sc2c1. The molecule has 4 N–H and O–H groups in total. The number of hydrogen-bond acceptors (Lipinski definition) is 6. The van der Waals surface area contributed by atoms with Crippen molar-refractivity contribution < 1.29 is 4.79 Å². The van der Waals surface area contributed by atoms with Crippen LogP contribution in [-0.4, -0.2) is 15.9 Å². The molecule has 0 saturated heterocycles. The topological polar surface area (TPSA) is 92.9 Å². The molecule has 0 unspecified atom stereocenters. The Balaban J connectivity index is 1.50. The molecular formula is C20H17N5OS. The summed E-state index contributed by atoms with van der Waals surface area (Å²) in [5, 5.41) is 6.94. The normalized spacial score (nSPS) is 10.7. The van der Waals surface area contributed by atoms with Gasteiger partial charge in [0.25, 0.3) is 5.91 Å². The van der Waals surface area contributed by atoms with E-state index >= 15 is 0 Å². The lowest BCUT2D eigenvalue weighted by molar-refractivity contribution is 0.102. The van der Waals surface area contributed by atoms with Crippen LogP contribution in [-0.2, 0) is 6.54 Å². The standard InChI is InChI=1S/C20H17N5OS/c21-15-5-1-2-6-16(15)24-19(26)14-7-8-17-18(10-14)27-20(25-17)23-12-13-4-3-9-22-11-13/h1-11H,12,21H2,(H,23,25)(H,24,26). The number of thiazole rings is 1. The molecule has 0 aliphatic carbocycles. The highest BCUT2D eigenvalue weighted by Gasteiger charge is 2.11. The summed E-state index contributed by atoms with van der Waals surface area (Å²) in [5.41, 5.74) is 9.52. The monoisotopic (exact) mass is 375 g/mol. The lowest BCUT2D eigenvalue weighted by atomic mass is 10.2. The quantitative estimate of drug-likeness (QED) is 0.456. The number of rotatable bonds is 5. The van der Waals surface area contributed by atoms with Gasteiger partial charge in [-0.05, 0) is 42.0 Å². The van der Waals surface area contributed by atoms with Gasteiger partial charge in [0.1, 0.15) is 0 Å². The summed E-state index contributed by atoms with van der Waals surface area (Å²) in [4.78, 5) is 21.2. The van der Waals surface area contributed by atoms with Crippen molar-refractivity contribution in [3.8, 4) is 0 Å². The van der Waals surface area contributed by atoms with E-state index in [1.165, 1.54) is 11.3 Å². The molecule has 134 valence electrons. The molecule has 0 spiro atoms. The summed E-state index contributed by atoms with van der Waals surface area (Å²) in [6.45, 7) is 0.647. The van der Waals surface area contributed by atoms with Crippen molar-refractivity contribution in [1.82, 2.24) is 9.97 Å². The predicted octanol–water partition coefficient (Wildman–Crippen LogP) is 4.14. The fourth-order valence-corrected chi connectivity index (χ4v) is 3.53. The summed E-state index contributed by atoms with van der Waals surface area (Å²) in [6, 6.07) is 16.6. The van der Waals surface area contributed by atoms with Crippen LogP contribution < -0.4 is 16.4 Å². The Hall–Kier alpha value is -3.45. The molecule has 2 aromatic heterocycles. The molecule has 0 atom stereocenters. The first-order chi connectivity index (χ1) is 13.2. The zero-order valence-electron chi connectivity index (χ0n) is 14.3. The fraction of sp³-hybridized carbons (Fsp3) is 0.0500. The minimum Gasteiger partial charge on any atom is -0.397 e. The number of anilines is 3. The van der Waals surface area contributed by atoms with E-state index in [4.69, 9.17) is 5.73 Å². The molecule has 1 amide bonds. The molecule has 2 heterocycles. The number of para-hydroxylation sites is 2. The number of nitrogens with one attached hydrogen (secondary N) is 2. The van der Waals surface area contributed by atoms with Gasteiger partial charge in [0.2, 0.25) is 0 Å². The summed E-state index contributed by atoms with van der Waals surface area (Å²) in [5.74, 6) is -0.201. The van der Waals surface area contributed by atoms with Gasteiger partial charge in [0.15, 0.2) is 5.13 Å². The maximum absolute atomic E-state index is 12.5. The summed E-state index contributed by atoms with van der Waals surface area (Å²) >= 11 is 1.51. The van der Waals surface area contributed by atoms with Crippen molar-refractivity contribution >= 4 is 44.0 Å². The number of benzene rings is 2. The molecule has 0 aliphatic heterocycles. The number of amides is 1. The van der Waals surface area contributed by atoms with Crippen molar-refractivity contribution in [2.45, 2.75) is 6.54 Å². The summed E-state index contributed by atoms with van der Waals surface area (Å²) in [6.07, 6.45) is 3.56. The Labute approximate surface area is 160 Å². The van der Waals surface area contributed by atoms with Gasteiger partial charge >= 0.3 is 0 Å². The van der Waals surface area contributed by atoms with Crippen LogP contribution in [0, 0.1) is 0 Å². The number of carbonyl (C=O) groups excluding carboxylic acids is 1. The third kappa shape index (κ3) is 3.88. The molecule has 0 radical (unpaired) electrons. The Bertz CT molecular complexity index is 1090. The Morgan fingerprint density at radius 1 is 1.11 bits per heavy atom. The number of pyridine rings is 1. The minimum absolute atomic E-state index is 0.201. The van der Waals surface area contributed by atoms with E-state index in [0.717, 1.165) is 20.9 Å². The van der Waals surface area contributed by atoms with E-state index in [9.17, 15) is 4.79 Å². The molecule has 2 aromatic carbocycles. The van der Waals surface area contributed by atoms with E-state index in [1.807, 2.05) is 42.6 Å². The number of fused-ring (bicyclic) bond motifs is 1. The molecule has 4 rings (SSSR count). The van der Waals surface area contributed by atoms with Crippen LogP contribution in [0.5, 0.6) is 0 Å². The van der Waals surface area contributed by atoms with Crippen LogP contribution in [0.1, 0.15) is 15.9 Å². The second-order valence-corrected chi connectivity index (χ2v) is 6.99. The highest BCUT2D eigenvalue weighted by Crippen LogP contribution is 2.28. The number of nitrogens with zero attached hydrogens (tertiary/aromatic N) is 2. The minimum atomic E-state index is -0.201. The van der Waals surface area contributed by atoms with Crippen molar-refractivity contribution in [2.75, 3.05) is 16.4 Å². The first kappa shape index (κ1) is 17.0. The molecule has 7 heteroatoms. The van der Waals surface area contributed by atoms with E-state index in [0.29, 0.717) is 23.5 Å². The van der Waals surface area contributed by atoms with E-state index in [2.05, 4.69) is 20.6 Å². The van der Waals surface area contributed by atoms with Crippen LogP contribution in [0.4, 0.5) is 16.5 Å². The number of hydrogen-bond donors (Lipinski definition) is 3. The largest absolute Gasteiger partial charge is 0.397 e. The van der Waals surface area contributed by atoms with Crippen molar-refractivity contribution in [2.24, 2.45) is 0 Å². The van der Waals surface area contributed by atoms with E-state index in [1.54, 1.807) is 24.4 Å². The van der Waals surface area contributed by atoms with Crippen LogP contribution in [0.25, 0.3) is 10.2 Å². The van der Waals surface area contributed by atoms with Gasteiger partial charge in [-0.25, -0.2) is 4.98 Å². The number of nitrogens with two attached hydrogens (primary N) is 1. The molecule has 0 aliphatic rings. The number of nitrogen functional groups attached to an aromatic ring is 1. The van der Waals surface area contributed by atoms with Gasteiger partial charge in [0.05, 0.1) is 21.6 Å². The van der Waals surface area contributed by atoms with Crippen LogP contribution in [0.2, 0.25) is 0 Å². The van der Waals surface area contributed by atoms with Gasteiger partial charge in [-0.1, -0.05) is 29.5 Å². The number of carbonyl (C=O) groups is 1. The van der Waals surface area contributed by atoms with E-state index < -0.39 is 0 Å². The Morgan fingerprint density at radius 2 is 2.00 bits per heavy atom. The second kappa shape index (κ2) is 7.43. The summed E-state index contributed by atoms with van der Waals surface area (Å²) in [7, 11) is 0. The fourth-order valence-electron chi connectivity index (χ4n) is 2.63. The third-order valence-electron chi connectivity index (χ3n) is 4.03. The molecule has 0 fully saturated rings. The van der Waals surface area contributed by atoms with Gasteiger partial charge in [-0.15, -0.1) is 0 Å². The maximum Gasteiger partial charge on any atom is 0.255 e.